The minimum absolute atomic E-state index is 0.259. The van der Waals surface area contributed by atoms with Gasteiger partial charge in [0, 0.05) is 0 Å². The Labute approximate surface area is 135 Å². The van der Waals surface area contributed by atoms with E-state index < -0.39 is 6.55 Å². The number of alkyl halides is 2. The predicted molar refractivity (Wildman–Crippen MR) is 83.4 cm³/mol. The number of thioether (sulfide) groups is 1. The normalized spacial score (nSPS) is 12.4. The van der Waals surface area contributed by atoms with Gasteiger partial charge in [0.25, 0.3) is 0 Å². The summed E-state index contributed by atoms with van der Waals surface area (Å²) in [4.78, 5) is 4.31. The standard InChI is InChI=1S/C14H16F2N6S/c1-14(2,3)22-13(18-19-20-22)23-8-11-17-9-6-4-5-7-10(9)21(11)12(15)16/h4-7,12H,8H2,1-3H3. The molecular formula is C14H16F2N6S. The Bertz CT molecular complexity index is 820. The summed E-state index contributed by atoms with van der Waals surface area (Å²) in [6.45, 7) is 3.28. The van der Waals surface area contributed by atoms with E-state index in [2.05, 4.69) is 20.5 Å². The molecule has 2 heterocycles. The van der Waals surface area contributed by atoms with Gasteiger partial charge in [0.15, 0.2) is 0 Å². The summed E-state index contributed by atoms with van der Waals surface area (Å²) in [6, 6.07) is 6.87. The molecule has 3 aromatic rings. The van der Waals surface area contributed by atoms with E-state index in [0.29, 0.717) is 22.0 Å². The first-order valence-electron chi connectivity index (χ1n) is 7.03. The molecule has 3 rings (SSSR count). The van der Waals surface area contributed by atoms with Crippen molar-refractivity contribution in [2.45, 2.75) is 43.8 Å². The van der Waals surface area contributed by atoms with Crippen LogP contribution in [-0.4, -0.2) is 29.8 Å². The van der Waals surface area contributed by atoms with E-state index in [-0.39, 0.29) is 11.3 Å². The monoisotopic (exact) mass is 338 g/mol. The molecule has 2 aromatic heterocycles. The Morgan fingerprint density at radius 3 is 2.65 bits per heavy atom. The number of halogens is 2. The van der Waals surface area contributed by atoms with Crippen molar-refractivity contribution in [1.29, 1.82) is 0 Å². The van der Waals surface area contributed by atoms with E-state index in [1.165, 1.54) is 11.8 Å². The summed E-state index contributed by atoms with van der Waals surface area (Å²) in [7, 11) is 0. The molecule has 23 heavy (non-hydrogen) atoms. The minimum Gasteiger partial charge on any atom is -0.269 e. The van der Waals surface area contributed by atoms with E-state index in [9.17, 15) is 8.78 Å². The molecule has 0 spiro atoms. The van der Waals surface area contributed by atoms with Crippen molar-refractivity contribution >= 4 is 22.8 Å². The summed E-state index contributed by atoms with van der Waals surface area (Å²) in [6.07, 6.45) is 0. The highest BCUT2D eigenvalue weighted by Gasteiger charge is 2.22. The zero-order valence-corrected chi connectivity index (χ0v) is 13.8. The van der Waals surface area contributed by atoms with Gasteiger partial charge in [-0.2, -0.15) is 8.78 Å². The van der Waals surface area contributed by atoms with Crippen LogP contribution in [0.15, 0.2) is 29.4 Å². The highest BCUT2D eigenvalue weighted by molar-refractivity contribution is 7.98. The van der Waals surface area contributed by atoms with E-state index in [0.717, 1.165) is 4.57 Å². The zero-order valence-electron chi connectivity index (χ0n) is 12.9. The number of aromatic nitrogens is 6. The van der Waals surface area contributed by atoms with Crippen LogP contribution in [-0.2, 0) is 11.3 Å². The molecule has 0 aliphatic carbocycles. The van der Waals surface area contributed by atoms with Crippen molar-refractivity contribution < 1.29 is 8.78 Å². The van der Waals surface area contributed by atoms with Gasteiger partial charge < -0.3 is 0 Å². The molecule has 1 aromatic carbocycles. The van der Waals surface area contributed by atoms with Crippen LogP contribution in [0.5, 0.6) is 0 Å². The lowest BCUT2D eigenvalue weighted by Gasteiger charge is -2.19. The van der Waals surface area contributed by atoms with E-state index in [4.69, 9.17) is 0 Å². The number of para-hydroxylation sites is 2. The largest absolute Gasteiger partial charge is 0.320 e. The van der Waals surface area contributed by atoms with Gasteiger partial charge in [-0.25, -0.2) is 9.67 Å². The van der Waals surface area contributed by atoms with E-state index >= 15 is 0 Å². The first-order valence-corrected chi connectivity index (χ1v) is 8.02. The zero-order chi connectivity index (χ0) is 16.6. The lowest BCUT2D eigenvalue weighted by Crippen LogP contribution is -2.24. The van der Waals surface area contributed by atoms with Gasteiger partial charge in [-0.1, -0.05) is 23.9 Å². The molecule has 0 saturated heterocycles. The quantitative estimate of drug-likeness (QED) is 0.682. The molecule has 0 N–H and O–H groups in total. The van der Waals surface area contributed by atoms with Crippen LogP contribution < -0.4 is 0 Å². The molecule has 0 bridgehead atoms. The molecule has 0 radical (unpaired) electrons. The highest BCUT2D eigenvalue weighted by Crippen LogP contribution is 2.29. The molecule has 0 amide bonds. The van der Waals surface area contributed by atoms with Crippen LogP contribution in [0.3, 0.4) is 0 Å². The predicted octanol–water partition coefficient (Wildman–Crippen LogP) is 3.47. The maximum Gasteiger partial charge on any atom is 0.320 e. The van der Waals surface area contributed by atoms with Crippen LogP contribution in [0.1, 0.15) is 33.1 Å². The third-order valence-electron chi connectivity index (χ3n) is 3.27. The summed E-state index contributed by atoms with van der Waals surface area (Å²) < 4.78 is 29.4. The Balaban J connectivity index is 1.91. The molecule has 0 saturated carbocycles. The number of imidazole rings is 1. The second-order valence-corrected chi connectivity index (χ2v) is 6.94. The summed E-state index contributed by atoms with van der Waals surface area (Å²) in [5.41, 5.74) is 0.696. The Hall–Kier alpha value is -2.03. The van der Waals surface area contributed by atoms with Crippen LogP contribution in [0.2, 0.25) is 0 Å². The van der Waals surface area contributed by atoms with E-state index in [1.807, 2.05) is 20.8 Å². The maximum absolute atomic E-state index is 13.4. The number of benzene rings is 1. The molecule has 0 aliphatic heterocycles. The van der Waals surface area contributed by atoms with Crippen molar-refractivity contribution in [1.82, 2.24) is 29.8 Å². The van der Waals surface area contributed by atoms with Gasteiger partial charge in [-0.15, -0.1) is 5.10 Å². The topological polar surface area (TPSA) is 61.4 Å². The fourth-order valence-corrected chi connectivity index (χ4v) is 3.22. The lowest BCUT2D eigenvalue weighted by molar-refractivity contribution is 0.0722. The molecule has 0 fully saturated rings. The van der Waals surface area contributed by atoms with Crippen molar-refractivity contribution in [3.63, 3.8) is 0 Å². The molecule has 6 nitrogen and oxygen atoms in total. The van der Waals surface area contributed by atoms with Crippen LogP contribution in [0.25, 0.3) is 11.0 Å². The third-order valence-corrected chi connectivity index (χ3v) is 4.19. The first-order chi connectivity index (χ1) is 10.9. The fourth-order valence-electron chi connectivity index (χ4n) is 2.23. The number of hydrogen-bond acceptors (Lipinski definition) is 5. The Morgan fingerprint density at radius 2 is 1.96 bits per heavy atom. The van der Waals surface area contributed by atoms with Crippen molar-refractivity contribution in [2.24, 2.45) is 0 Å². The average Bonchev–Trinajstić information content (AvgIpc) is 3.08. The van der Waals surface area contributed by atoms with Gasteiger partial charge in [0.2, 0.25) is 5.16 Å². The minimum atomic E-state index is -2.64. The van der Waals surface area contributed by atoms with Gasteiger partial charge >= 0.3 is 6.55 Å². The number of tetrazole rings is 1. The molecule has 0 aliphatic rings. The second-order valence-electron chi connectivity index (χ2n) is 6.00. The smallest absolute Gasteiger partial charge is 0.269 e. The SMILES string of the molecule is CC(C)(C)n1nnnc1SCc1nc2ccccc2n1C(F)F. The van der Waals surface area contributed by atoms with Crippen LogP contribution >= 0.6 is 11.8 Å². The Kier molecular flexibility index (Phi) is 4.05. The summed E-state index contributed by atoms with van der Waals surface area (Å²) in [5.74, 6) is 0.560. The third kappa shape index (κ3) is 3.05. The number of nitrogens with zero attached hydrogens (tertiary/aromatic N) is 6. The van der Waals surface area contributed by atoms with Crippen molar-refractivity contribution in [2.75, 3.05) is 0 Å². The number of hydrogen-bond donors (Lipinski definition) is 0. The first kappa shape index (κ1) is 15.9. The second kappa shape index (κ2) is 5.88. The molecule has 9 heteroatoms. The van der Waals surface area contributed by atoms with Crippen molar-refractivity contribution in [3.05, 3.63) is 30.1 Å². The summed E-state index contributed by atoms with van der Waals surface area (Å²) in [5, 5.41) is 12.2. The highest BCUT2D eigenvalue weighted by atomic mass is 32.2. The Morgan fingerprint density at radius 1 is 1.22 bits per heavy atom. The molecule has 122 valence electrons. The summed E-state index contributed by atoms with van der Waals surface area (Å²) >= 11 is 1.29. The lowest BCUT2D eigenvalue weighted by atomic mass is 10.1. The van der Waals surface area contributed by atoms with Gasteiger partial charge in [0.1, 0.15) is 5.82 Å². The van der Waals surface area contributed by atoms with E-state index in [1.54, 1.807) is 28.9 Å². The van der Waals surface area contributed by atoms with Gasteiger partial charge in [-0.05, 0) is 43.3 Å². The maximum atomic E-state index is 13.4. The van der Waals surface area contributed by atoms with Crippen LogP contribution in [0.4, 0.5) is 8.78 Å². The molecular weight excluding hydrogens is 322 g/mol. The average molecular weight is 338 g/mol. The molecule has 0 unspecified atom stereocenters. The van der Waals surface area contributed by atoms with Crippen molar-refractivity contribution in [3.8, 4) is 0 Å². The number of fused-ring (bicyclic) bond motifs is 1. The fraction of sp³-hybridized carbons (Fsp3) is 0.429. The molecule has 0 atom stereocenters. The van der Waals surface area contributed by atoms with Crippen LogP contribution in [0, 0.1) is 0 Å². The van der Waals surface area contributed by atoms with Gasteiger partial charge in [-0.3, -0.25) is 4.57 Å². The van der Waals surface area contributed by atoms with Gasteiger partial charge in [0.05, 0.1) is 22.3 Å². The number of rotatable bonds is 4.